The third-order valence-corrected chi connectivity index (χ3v) is 5.03. The van der Waals surface area contributed by atoms with E-state index in [-0.39, 0.29) is 0 Å². The number of aromatic nitrogens is 2. The molecule has 2 heterocycles. The average Bonchev–Trinajstić information content (AvgIpc) is 2.69. The van der Waals surface area contributed by atoms with Crippen LogP contribution in [0.1, 0.15) is 37.6 Å². The largest absolute Gasteiger partial charge is 0.318 e. The first-order chi connectivity index (χ1) is 9.17. The molecular weight excluding hydrogens is 304 g/mol. The molecule has 2 rings (SSSR count). The van der Waals surface area contributed by atoms with Gasteiger partial charge in [-0.1, -0.05) is 6.42 Å². The van der Waals surface area contributed by atoms with Crippen molar-refractivity contribution in [2.45, 2.75) is 52.2 Å². The van der Waals surface area contributed by atoms with E-state index >= 15 is 0 Å². The molecule has 1 N–H and O–H groups in total. The Morgan fingerprint density at radius 1 is 1.42 bits per heavy atom. The summed E-state index contributed by atoms with van der Waals surface area (Å²) in [5.41, 5.74) is 2.42. The van der Waals surface area contributed by atoms with Crippen LogP contribution in [0.2, 0.25) is 0 Å². The van der Waals surface area contributed by atoms with Gasteiger partial charge in [0.15, 0.2) is 0 Å². The number of likely N-dealkylation sites (tertiary alicyclic amines) is 1. The highest BCUT2D eigenvalue weighted by molar-refractivity contribution is 9.10. The Labute approximate surface area is 124 Å². The number of nitrogens with one attached hydrogen (secondary N) is 1. The lowest BCUT2D eigenvalue weighted by Crippen LogP contribution is -2.44. The summed E-state index contributed by atoms with van der Waals surface area (Å²) in [6, 6.07) is 0.658. The van der Waals surface area contributed by atoms with Gasteiger partial charge in [0.05, 0.1) is 15.9 Å². The molecule has 1 saturated heterocycles. The minimum atomic E-state index is 0.658. The summed E-state index contributed by atoms with van der Waals surface area (Å²) in [7, 11) is 2.04. The van der Waals surface area contributed by atoms with Crippen molar-refractivity contribution in [1.82, 2.24) is 20.0 Å². The van der Waals surface area contributed by atoms with E-state index in [0.29, 0.717) is 6.04 Å². The molecule has 5 heteroatoms. The molecule has 1 unspecified atom stereocenters. The SMILES string of the molecule is CCn1nc(C)c(Br)c1CN1CCCCC1CNC. The number of rotatable bonds is 5. The number of piperidine rings is 1. The van der Waals surface area contributed by atoms with E-state index < -0.39 is 0 Å². The van der Waals surface area contributed by atoms with Crippen LogP contribution in [0.3, 0.4) is 0 Å². The Kier molecular flexibility index (Phi) is 5.42. The summed E-state index contributed by atoms with van der Waals surface area (Å²) in [5.74, 6) is 0. The molecule has 1 aromatic heterocycles. The van der Waals surface area contributed by atoms with Gasteiger partial charge in [-0.05, 0) is 56.2 Å². The molecule has 0 amide bonds. The van der Waals surface area contributed by atoms with Crippen LogP contribution in [0.4, 0.5) is 0 Å². The summed E-state index contributed by atoms with van der Waals surface area (Å²) < 4.78 is 3.31. The molecular formula is C14H25BrN4. The van der Waals surface area contributed by atoms with Crippen LogP contribution in [0, 0.1) is 6.92 Å². The molecule has 4 nitrogen and oxygen atoms in total. The molecule has 0 saturated carbocycles. The van der Waals surface area contributed by atoms with Gasteiger partial charge in [-0.15, -0.1) is 0 Å². The lowest BCUT2D eigenvalue weighted by Gasteiger charge is -2.35. The lowest BCUT2D eigenvalue weighted by molar-refractivity contribution is 0.135. The average molecular weight is 329 g/mol. The van der Waals surface area contributed by atoms with Gasteiger partial charge in [0.1, 0.15) is 0 Å². The highest BCUT2D eigenvalue weighted by atomic mass is 79.9. The summed E-state index contributed by atoms with van der Waals surface area (Å²) in [4.78, 5) is 2.60. The monoisotopic (exact) mass is 328 g/mol. The topological polar surface area (TPSA) is 33.1 Å². The maximum atomic E-state index is 4.59. The number of hydrogen-bond donors (Lipinski definition) is 1. The predicted molar refractivity (Wildman–Crippen MR) is 82.3 cm³/mol. The maximum absolute atomic E-state index is 4.59. The molecule has 0 radical (unpaired) electrons. The molecule has 19 heavy (non-hydrogen) atoms. The number of nitrogens with zero attached hydrogens (tertiary/aromatic N) is 3. The van der Waals surface area contributed by atoms with E-state index in [4.69, 9.17) is 0 Å². The second kappa shape index (κ2) is 6.86. The summed E-state index contributed by atoms with van der Waals surface area (Å²) in [6.45, 7) is 8.45. The molecule has 1 atom stereocenters. The number of halogens is 1. The smallest absolute Gasteiger partial charge is 0.0739 e. The number of likely N-dealkylation sites (N-methyl/N-ethyl adjacent to an activating group) is 1. The summed E-state index contributed by atoms with van der Waals surface area (Å²) in [6.07, 6.45) is 3.98. The van der Waals surface area contributed by atoms with Crippen LogP contribution in [0.5, 0.6) is 0 Å². The minimum Gasteiger partial charge on any atom is -0.318 e. The molecule has 1 fully saturated rings. The van der Waals surface area contributed by atoms with Crippen molar-refractivity contribution < 1.29 is 0 Å². The second-order valence-corrected chi connectivity index (χ2v) is 6.13. The van der Waals surface area contributed by atoms with Gasteiger partial charge in [0, 0.05) is 25.7 Å². The van der Waals surface area contributed by atoms with Gasteiger partial charge in [0.25, 0.3) is 0 Å². The molecule has 1 aliphatic rings. The zero-order chi connectivity index (χ0) is 13.8. The van der Waals surface area contributed by atoms with Crippen molar-refractivity contribution in [3.63, 3.8) is 0 Å². The van der Waals surface area contributed by atoms with Gasteiger partial charge in [-0.2, -0.15) is 5.10 Å². The Morgan fingerprint density at radius 3 is 2.89 bits per heavy atom. The van der Waals surface area contributed by atoms with Crippen LogP contribution in [0.15, 0.2) is 4.47 Å². The zero-order valence-corrected chi connectivity index (χ0v) is 13.8. The predicted octanol–water partition coefficient (Wildman–Crippen LogP) is 2.55. The van der Waals surface area contributed by atoms with Crippen molar-refractivity contribution in [3.8, 4) is 0 Å². The van der Waals surface area contributed by atoms with E-state index in [2.05, 4.69) is 49.8 Å². The highest BCUT2D eigenvalue weighted by Gasteiger charge is 2.24. The first-order valence-corrected chi connectivity index (χ1v) is 8.07. The van der Waals surface area contributed by atoms with Crippen molar-refractivity contribution in [2.75, 3.05) is 20.1 Å². The van der Waals surface area contributed by atoms with Gasteiger partial charge in [0.2, 0.25) is 0 Å². The van der Waals surface area contributed by atoms with E-state index in [9.17, 15) is 0 Å². The fraction of sp³-hybridized carbons (Fsp3) is 0.786. The Bertz CT molecular complexity index is 414. The zero-order valence-electron chi connectivity index (χ0n) is 12.2. The standard InChI is InChI=1S/C14H25BrN4/c1-4-19-13(14(15)11(2)17-19)10-18-8-6-5-7-12(18)9-16-3/h12,16H,4-10H2,1-3H3. The van der Waals surface area contributed by atoms with Gasteiger partial charge in [-0.3, -0.25) is 9.58 Å². The number of hydrogen-bond acceptors (Lipinski definition) is 3. The van der Waals surface area contributed by atoms with Gasteiger partial charge < -0.3 is 5.32 Å². The van der Waals surface area contributed by atoms with Crippen molar-refractivity contribution in [3.05, 3.63) is 15.9 Å². The fourth-order valence-corrected chi connectivity index (χ4v) is 3.36. The minimum absolute atomic E-state index is 0.658. The molecule has 1 aliphatic heterocycles. The second-order valence-electron chi connectivity index (χ2n) is 5.34. The van der Waals surface area contributed by atoms with E-state index in [1.807, 2.05) is 7.05 Å². The third-order valence-electron chi connectivity index (χ3n) is 3.99. The Hall–Kier alpha value is -0.390. The number of aryl methyl sites for hydroxylation is 2. The molecule has 108 valence electrons. The lowest BCUT2D eigenvalue weighted by atomic mass is 10.0. The van der Waals surface area contributed by atoms with Crippen LogP contribution in [-0.2, 0) is 13.1 Å². The summed E-state index contributed by atoms with van der Waals surface area (Å²) >= 11 is 3.70. The van der Waals surface area contributed by atoms with E-state index in [1.54, 1.807) is 0 Å². The van der Waals surface area contributed by atoms with Crippen LogP contribution in [0.25, 0.3) is 0 Å². The quantitative estimate of drug-likeness (QED) is 0.901. The first-order valence-electron chi connectivity index (χ1n) is 7.27. The molecule has 0 bridgehead atoms. The van der Waals surface area contributed by atoms with Gasteiger partial charge >= 0.3 is 0 Å². The van der Waals surface area contributed by atoms with Gasteiger partial charge in [-0.25, -0.2) is 0 Å². The van der Waals surface area contributed by atoms with Crippen molar-refractivity contribution in [1.29, 1.82) is 0 Å². The molecule has 0 spiro atoms. The van der Waals surface area contributed by atoms with E-state index in [0.717, 1.165) is 25.3 Å². The maximum Gasteiger partial charge on any atom is 0.0739 e. The van der Waals surface area contributed by atoms with Crippen molar-refractivity contribution in [2.24, 2.45) is 0 Å². The highest BCUT2D eigenvalue weighted by Crippen LogP contribution is 2.25. The van der Waals surface area contributed by atoms with Crippen LogP contribution >= 0.6 is 15.9 Å². The fourth-order valence-electron chi connectivity index (χ4n) is 2.95. The summed E-state index contributed by atoms with van der Waals surface area (Å²) in [5, 5.41) is 7.92. The first kappa shape index (κ1) is 15.0. The van der Waals surface area contributed by atoms with Crippen LogP contribution < -0.4 is 5.32 Å². The Morgan fingerprint density at radius 2 is 2.21 bits per heavy atom. The third kappa shape index (κ3) is 3.38. The van der Waals surface area contributed by atoms with Crippen molar-refractivity contribution >= 4 is 15.9 Å². The molecule has 0 aliphatic carbocycles. The van der Waals surface area contributed by atoms with E-state index in [1.165, 1.54) is 36.0 Å². The molecule has 0 aromatic carbocycles. The molecule has 1 aromatic rings. The normalized spacial score (nSPS) is 20.9. The Balaban J connectivity index is 2.14. The van der Waals surface area contributed by atoms with Crippen LogP contribution in [-0.4, -0.2) is 40.9 Å².